The second-order valence-corrected chi connectivity index (χ2v) is 5.01. The summed E-state index contributed by atoms with van der Waals surface area (Å²) in [7, 11) is 1.55. The van der Waals surface area contributed by atoms with Crippen LogP contribution in [-0.2, 0) is 9.53 Å². The molecule has 0 aliphatic carbocycles. The standard InChI is InChI=1S/C12H24N2O5/c1-9(2)14(5-6-19-4)11(17)13-8-12(3,18)7-10(15)16/h9,18H,5-8H2,1-4H3,(H,13,17)(H,15,16). The van der Waals surface area contributed by atoms with Crippen LogP contribution in [0, 0.1) is 0 Å². The summed E-state index contributed by atoms with van der Waals surface area (Å²) in [6.07, 6.45) is -0.424. The van der Waals surface area contributed by atoms with E-state index in [0.29, 0.717) is 13.2 Å². The Morgan fingerprint density at radius 2 is 2.00 bits per heavy atom. The van der Waals surface area contributed by atoms with Gasteiger partial charge in [0, 0.05) is 26.2 Å². The molecule has 1 atom stereocenters. The van der Waals surface area contributed by atoms with Gasteiger partial charge in [-0.25, -0.2) is 4.79 Å². The normalized spacial score (nSPS) is 14.0. The molecule has 0 aromatic rings. The highest BCUT2D eigenvalue weighted by Gasteiger charge is 2.26. The Hall–Kier alpha value is -1.34. The predicted molar refractivity (Wildman–Crippen MR) is 70.0 cm³/mol. The topological polar surface area (TPSA) is 99.1 Å². The predicted octanol–water partition coefficient (Wildman–Crippen LogP) is 0.279. The number of nitrogens with zero attached hydrogens (tertiary/aromatic N) is 1. The summed E-state index contributed by atoms with van der Waals surface area (Å²) in [5, 5.41) is 21.0. The summed E-state index contributed by atoms with van der Waals surface area (Å²) in [6, 6.07) is -0.364. The molecular weight excluding hydrogens is 252 g/mol. The number of hydrogen-bond acceptors (Lipinski definition) is 4. The summed E-state index contributed by atoms with van der Waals surface area (Å²) < 4.78 is 4.92. The lowest BCUT2D eigenvalue weighted by atomic mass is 10.0. The number of methoxy groups -OCH3 is 1. The van der Waals surface area contributed by atoms with Crippen molar-refractivity contribution in [2.24, 2.45) is 0 Å². The van der Waals surface area contributed by atoms with Crippen molar-refractivity contribution in [3.8, 4) is 0 Å². The number of carboxylic acids is 1. The summed E-state index contributed by atoms with van der Waals surface area (Å²) in [5.41, 5.74) is -1.47. The van der Waals surface area contributed by atoms with Crippen molar-refractivity contribution in [2.45, 2.75) is 38.8 Å². The van der Waals surface area contributed by atoms with Crippen LogP contribution >= 0.6 is 0 Å². The molecule has 0 fully saturated rings. The van der Waals surface area contributed by atoms with Crippen molar-refractivity contribution in [3.63, 3.8) is 0 Å². The SMILES string of the molecule is COCCN(C(=O)NCC(C)(O)CC(=O)O)C(C)C. The molecule has 1 unspecified atom stereocenters. The molecule has 7 heteroatoms. The Morgan fingerprint density at radius 3 is 2.42 bits per heavy atom. The summed E-state index contributed by atoms with van der Waals surface area (Å²) in [5.74, 6) is -1.11. The first-order valence-electron chi connectivity index (χ1n) is 6.17. The maximum Gasteiger partial charge on any atom is 0.317 e. The van der Waals surface area contributed by atoms with Crippen LogP contribution in [-0.4, -0.2) is 65.6 Å². The van der Waals surface area contributed by atoms with E-state index in [1.807, 2.05) is 13.8 Å². The van der Waals surface area contributed by atoms with E-state index >= 15 is 0 Å². The molecule has 3 N–H and O–H groups in total. The quantitative estimate of drug-likeness (QED) is 0.591. The van der Waals surface area contributed by atoms with Crippen LogP contribution < -0.4 is 5.32 Å². The van der Waals surface area contributed by atoms with Gasteiger partial charge in [-0.05, 0) is 20.8 Å². The van der Waals surface area contributed by atoms with Crippen LogP contribution in [0.2, 0.25) is 0 Å². The summed E-state index contributed by atoms with van der Waals surface area (Å²) in [6.45, 7) is 5.83. The molecule has 0 saturated carbocycles. The molecule has 0 radical (unpaired) electrons. The number of aliphatic hydroxyl groups is 1. The Labute approximate surface area is 113 Å². The molecule has 0 heterocycles. The summed E-state index contributed by atoms with van der Waals surface area (Å²) in [4.78, 5) is 24.0. The number of urea groups is 1. The first-order valence-corrected chi connectivity index (χ1v) is 6.17. The Kier molecular flexibility index (Phi) is 7.40. The minimum Gasteiger partial charge on any atom is -0.481 e. The number of amides is 2. The minimum absolute atomic E-state index is 0.0143. The molecule has 7 nitrogen and oxygen atoms in total. The highest BCUT2D eigenvalue weighted by atomic mass is 16.5. The number of hydrogen-bond donors (Lipinski definition) is 3. The molecular formula is C12H24N2O5. The lowest BCUT2D eigenvalue weighted by molar-refractivity contribution is -0.141. The first-order chi connectivity index (χ1) is 8.69. The zero-order valence-corrected chi connectivity index (χ0v) is 12.0. The van der Waals surface area contributed by atoms with Crippen molar-refractivity contribution < 1.29 is 24.5 Å². The molecule has 112 valence electrons. The number of ether oxygens (including phenoxy) is 1. The van der Waals surface area contributed by atoms with Crippen LogP contribution in [0.15, 0.2) is 0 Å². The molecule has 0 aromatic carbocycles. The average Bonchev–Trinajstić information content (AvgIpc) is 2.25. The number of carbonyl (C=O) groups excluding carboxylic acids is 1. The number of nitrogens with one attached hydrogen (secondary N) is 1. The smallest absolute Gasteiger partial charge is 0.317 e. The Balaban J connectivity index is 4.36. The van der Waals surface area contributed by atoms with E-state index in [1.165, 1.54) is 6.92 Å². The Morgan fingerprint density at radius 1 is 1.42 bits per heavy atom. The highest BCUT2D eigenvalue weighted by molar-refractivity contribution is 5.75. The average molecular weight is 276 g/mol. The van der Waals surface area contributed by atoms with E-state index in [-0.39, 0.29) is 18.6 Å². The molecule has 0 aliphatic heterocycles. The van der Waals surface area contributed by atoms with Gasteiger partial charge in [-0.2, -0.15) is 0 Å². The minimum atomic E-state index is -1.47. The number of carboxylic acid groups (broad SMARTS) is 1. The van der Waals surface area contributed by atoms with E-state index in [2.05, 4.69) is 5.32 Å². The number of carbonyl (C=O) groups is 2. The molecule has 2 amide bonds. The third kappa shape index (κ3) is 7.63. The van der Waals surface area contributed by atoms with Gasteiger partial charge >= 0.3 is 12.0 Å². The highest BCUT2D eigenvalue weighted by Crippen LogP contribution is 2.08. The fourth-order valence-electron chi connectivity index (χ4n) is 1.54. The Bertz CT molecular complexity index is 304. The zero-order valence-electron chi connectivity index (χ0n) is 12.0. The first kappa shape index (κ1) is 17.7. The van der Waals surface area contributed by atoms with Crippen molar-refractivity contribution in [1.29, 1.82) is 0 Å². The van der Waals surface area contributed by atoms with Gasteiger partial charge in [0.2, 0.25) is 0 Å². The lowest BCUT2D eigenvalue weighted by Gasteiger charge is -2.29. The van der Waals surface area contributed by atoms with E-state index in [4.69, 9.17) is 9.84 Å². The monoisotopic (exact) mass is 276 g/mol. The molecule has 19 heavy (non-hydrogen) atoms. The molecule has 0 saturated heterocycles. The van der Waals surface area contributed by atoms with Gasteiger partial charge in [0.25, 0.3) is 0 Å². The second kappa shape index (κ2) is 7.96. The van der Waals surface area contributed by atoms with Crippen LogP contribution in [0.5, 0.6) is 0 Å². The van der Waals surface area contributed by atoms with Crippen LogP contribution in [0.1, 0.15) is 27.2 Å². The van der Waals surface area contributed by atoms with E-state index in [1.54, 1.807) is 12.0 Å². The van der Waals surface area contributed by atoms with Gasteiger partial charge in [-0.1, -0.05) is 0 Å². The number of rotatable bonds is 8. The van der Waals surface area contributed by atoms with Gasteiger partial charge < -0.3 is 25.2 Å². The van der Waals surface area contributed by atoms with E-state index in [9.17, 15) is 14.7 Å². The fourth-order valence-corrected chi connectivity index (χ4v) is 1.54. The van der Waals surface area contributed by atoms with E-state index < -0.39 is 18.0 Å². The van der Waals surface area contributed by atoms with Gasteiger partial charge in [-0.3, -0.25) is 4.79 Å². The van der Waals surface area contributed by atoms with Gasteiger partial charge in [0.1, 0.15) is 0 Å². The third-order valence-corrected chi connectivity index (χ3v) is 2.57. The molecule has 0 bridgehead atoms. The maximum absolute atomic E-state index is 11.9. The molecule has 0 aromatic heterocycles. The fraction of sp³-hybridized carbons (Fsp3) is 0.833. The van der Waals surface area contributed by atoms with Crippen LogP contribution in [0.3, 0.4) is 0 Å². The third-order valence-electron chi connectivity index (χ3n) is 2.57. The van der Waals surface area contributed by atoms with Gasteiger partial charge in [0.15, 0.2) is 0 Å². The largest absolute Gasteiger partial charge is 0.481 e. The molecule has 0 spiro atoms. The zero-order chi connectivity index (χ0) is 15.1. The van der Waals surface area contributed by atoms with Crippen molar-refractivity contribution in [2.75, 3.05) is 26.8 Å². The lowest BCUT2D eigenvalue weighted by Crippen LogP contribution is -2.50. The van der Waals surface area contributed by atoms with Crippen molar-refractivity contribution in [3.05, 3.63) is 0 Å². The maximum atomic E-state index is 11.9. The summed E-state index contributed by atoms with van der Waals surface area (Å²) >= 11 is 0. The second-order valence-electron chi connectivity index (χ2n) is 5.01. The van der Waals surface area contributed by atoms with Gasteiger partial charge in [-0.15, -0.1) is 0 Å². The van der Waals surface area contributed by atoms with Crippen molar-refractivity contribution >= 4 is 12.0 Å². The molecule has 0 aliphatic rings. The van der Waals surface area contributed by atoms with E-state index in [0.717, 1.165) is 0 Å². The van der Waals surface area contributed by atoms with Crippen LogP contribution in [0.25, 0.3) is 0 Å². The van der Waals surface area contributed by atoms with Gasteiger partial charge in [0.05, 0.1) is 18.6 Å². The van der Waals surface area contributed by atoms with Crippen molar-refractivity contribution in [1.82, 2.24) is 10.2 Å². The number of aliphatic carboxylic acids is 1. The van der Waals surface area contributed by atoms with Crippen LogP contribution in [0.4, 0.5) is 4.79 Å². The molecule has 0 rings (SSSR count).